The summed E-state index contributed by atoms with van der Waals surface area (Å²) in [7, 11) is 0. The van der Waals surface area contributed by atoms with Gasteiger partial charge in [-0.25, -0.2) is 4.39 Å². The number of hydrogen-bond acceptors (Lipinski definition) is 3. The van der Waals surface area contributed by atoms with Crippen molar-refractivity contribution in [3.8, 4) is 5.75 Å². The van der Waals surface area contributed by atoms with Gasteiger partial charge in [0, 0.05) is 11.1 Å². The van der Waals surface area contributed by atoms with Crippen LogP contribution in [0.15, 0.2) is 54.6 Å². The Hall–Kier alpha value is -2.86. The van der Waals surface area contributed by atoms with Gasteiger partial charge in [0.05, 0.1) is 0 Å². The second-order valence-corrected chi connectivity index (χ2v) is 5.52. The molecule has 7 heteroatoms. The van der Waals surface area contributed by atoms with E-state index in [-0.39, 0.29) is 0 Å². The standard InChI is InChI=1S/C18H16ClFN2O3/c1-12(25-16-8-6-15(20)7-9-16)18(24)22-21-17(23)10-5-13-3-2-4-14(19)11-13/h2-12H,1H3,(H,21,23)(H,22,24)/b10-5+/t12-/m1/s1. The van der Waals surface area contributed by atoms with E-state index in [0.29, 0.717) is 10.8 Å². The molecule has 2 amide bonds. The molecule has 0 bridgehead atoms. The van der Waals surface area contributed by atoms with Gasteiger partial charge in [0.15, 0.2) is 6.10 Å². The van der Waals surface area contributed by atoms with Crippen LogP contribution in [0.5, 0.6) is 5.75 Å². The lowest BCUT2D eigenvalue weighted by Crippen LogP contribution is -2.46. The first kappa shape index (κ1) is 18.5. The summed E-state index contributed by atoms with van der Waals surface area (Å²) in [6.07, 6.45) is 1.95. The molecule has 0 unspecified atom stereocenters. The topological polar surface area (TPSA) is 67.4 Å². The van der Waals surface area contributed by atoms with Crippen molar-refractivity contribution in [2.75, 3.05) is 0 Å². The van der Waals surface area contributed by atoms with E-state index in [0.717, 1.165) is 5.56 Å². The largest absolute Gasteiger partial charge is 0.481 e. The molecule has 1 atom stereocenters. The molecule has 0 aromatic heterocycles. The molecule has 0 radical (unpaired) electrons. The maximum absolute atomic E-state index is 12.8. The number of rotatable bonds is 5. The fourth-order valence-electron chi connectivity index (χ4n) is 1.82. The fourth-order valence-corrected chi connectivity index (χ4v) is 2.02. The Kier molecular flexibility index (Phi) is 6.54. The number of halogens is 2. The molecule has 2 N–H and O–H groups in total. The second-order valence-electron chi connectivity index (χ2n) is 5.08. The Labute approximate surface area is 149 Å². The minimum absolute atomic E-state index is 0.344. The number of amides is 2. The Balaban J connectivity index is 1.80. The lowest BCUT2D eigenvalue weighted by molar-refractivity contribution is -0.131. The lowest BCUT2D eigenvalue weighted by atomic mass is 10.2. The van der Waals surface area contributed by atoms with Gasteiger partial charge in [-0.15, -0.1) is 0 Å². The molecule has 0 saturated heterocycles. The maximum Gasteiger partial charge on any atom is 0.279 e. The van der Waals surface area contributed by atoms with Crippen molar-refractivity contribution in [1.29, 1.82) is 0 Å². The number of ether oxygens (including phenoxy) is 1. The highest BCUT2D eigenvalue weighted by Crippen LogP contribution is 2.13. The van der Waals surface area contributed by atoms with E-state index in [9.17, 15) is 14.0 Å². The number of hydrogen-bond donors (Lipinski definition) is 2. The van der Waals surface area contributed by atoms with Crippen LogP contribution in [0, 0.1) is 5.82 Å². The van der Waals surface area contributed by atoms with E-state index in [4.69, 9.17) is 16.3 Å². The van der Waals surface area contributed by atoms with Crippen LogP contribution in [0.1, 0.15) is 12.5 Å². The van der Waals surface area contributed by atoms with Crippen LogP contribution in [0.25, 0.3) is 6.08 Å². The van der Waals surface area contributed by atoms with Crippen LogP contribution < -0.4 is 15.6 Å². The molecule has 5 nitrogen and oxygen atoms in total. The van der Waals surface area contributed by atoms with Gasteiger partial charge >= 0.3 is 0 Å². The van der Waals surface area contributed by atoms with Crippen LogP contribution in [-0.4, -0.2) is 17.9 Å². The van der Waals surface area contributed by atoms with Gasteiger partial charge in [0.1, 0.15) is 11.6 Å². The van der Waals surface area contributed by atoms with Gasteiger partial charge < -0.3 is 4.74 Å². The number of nitrogens with one attached hydrogen (secondary N) is 2. The quantitative estimate of drug-likeness (QED) is 0.634. The number of carbonyl (C=O) groups excluding carboxylic acids is 2. The predicted molar refractivity (Wildman–Crippen MR) is 93.3 cm³/mol. The highest BCUT2D eigenvalue weighted by Gasteiger charge is 2.14. The molecule has 25 heavy (non-hydrogen) atoms. The molecule has 0 fully saturated rings. The van der Waals surface area contributed by atoms with E-state index in [1.807, 2.05) is 0 Å². The summed E-state index contributed by atoms with van der Waals surface area (Å²) in [4.78, 5) is 23.6. The smallest absolute Gasteiger partial charge is 0.279 e. The molecule has 0 heterocycles. The Morgan fingerprint density at radius 3 is 2.56 bits per heavy atom. The summed E-state index contributed by atoms with van der Waals surface area (Å²) >= 11 is 5.85. The number of carbonyl (C=O) groups is 2. The highest BCUT2D eigenvalue weighted by molar-refractivity contribution is 6.30. The second kappa shape index (κ2) is 8.84. The summed E-state index contributed by atoms with van der Waals surface area (Å²) in [6, 6.07) is 12.2. The van der Waals surface area contributed by atoms with Gasteiger partial charge in [-0.1, -0.05) is 23.7 Å². The van der Waals surface area contributed by atoms with Crippen molar-refractivity contribution in [2.24, 2.45) is 0 Å². The van der Waals surface area contributed by atoms with E-state index in [2.05, 4.69) is 10.9 Å². The molecule has 0 aliphatic carbocycles. The molecule has 0 aliphatic heterocycles. The Morgan fingerprint density at radius 2 is 1.88 bits per heavy atom. The van der Waals surface area contributed by atoms with Crippen molar-refractivity contribution in [2.45, 2.75) is 13.0 Å². The minimum Gasteiger partial charge on any atom is -0.481 e. The van der Waals surface area contributed by atoms with Crippen LogP contribution in [0.4, 0.5) is 4.39 Å². The summed E-state index contributed by atoms with van der Waals surface area (Å²) in [5, 5.41) is 0.558. The average Bonchev–Trinajstić information content (AvgIpc) is 2.60. The first-order chi connectivity index (χ1) is 11.9. The summed E-state index contributed by atoms with van der Waals surface area (Å²) < 4.78 is 18.2. The summed E-state index contributed by atoms with van der Waals surface area (Å²) in [5.41, 5.74) is 5.24. The minimum atomic E-state index is -0.873. The lowest BCUT2D eigenvalue weighted by Gasteiger charge is -2.14. The van der Waals surface area contributed by atoms with Crippen molar-refractivity contribution in [1.82, 2.24) is 10.9 Å². The molecule has 0 aliphatic rings. The summed E-state index contributed by atoms with van der Waals surface area (Å²) in [5.74, 6) is -1.12. The van der Waals surface area contributed by atoms with E-state index in [1.165, 1.54) is 37.3 Å². The van der Waals surface area contributed by atoms with Gasteiger partial charge in [-0.3, -0.25) is 20.4 Å². The molecular weight excluding hydrogens is 347 g/mol. The van der Waals surface area contributed by atoms with Gasteiger partial charge in [0.2, 0.25) is 0 Å². The first-order valence-corrected chi connectivity index (χ1v) is 7.77. The molecule has 2 rings (SSSR count). The van der Waals surface area contributed by atoms with Gasteiger partial charge in [-0.2, -0.15) is 0 Å². The third-order valence-electron chi connectivity index (χ3n) is 3.08. The monoisotopic (exact) mass is 362 g/mol. The predicted octanol–water partition coefficient (Wildman–Crippen LogP) is 3.11. The normalized spacial score (nSPS) is 11.8. The van der Waals surface area contributed by atoms with Crippen LogP contribution in [0.2, 0.25) is 5.02 Å². The van der Waals surface area contributed by atoms with Crippen LogP contribution in [0.3, 0.4) is 0 Å². The number of hydrazine groups is 1. The van der Waals surface area contributed by atoms with Crippen molar-refractivity contribution < 1.29 is 18.7 Å². The Bertz CT molecular complexity index is 778. The number of benzene rings is 2. The zero-order chi connectivity index (χ0) is 18.2. The molecule has 130 valence electrons. The third-order valence-corrected chi connectivity index (χ3v) is 3.32. The highest BCUT2D eigenvalue weighted by atomic mass is 35.5. The first-order valence-electron chi connectivity index (χ1n) is 7.40. The molecule has 2 aromatic rings. The fraction of sp³-hybridized carbons (Fsp3) is 0.111. The average molecular weight is 363 g/mol. The molecular formula is C18H16ClFN2O3. The molecule has 0 saturated carbocycles. The van der Waals surface area contributed by atoms with Crippen LogP contribution in [-0.2, 0) is 9.59 Å². The maximum atomic E-state index is 12.8. The van der Waals surface area contributed by atoms with Gasteiger partial charge in [0.25, 0.3) is 11.8 Å². The zero-order valence-electron chi connectivity index (χ0n) is 13.3. The van der Waals surface area contributed by atoms with Crippen molar-refractivity contribution in [3.63, 3.8) is 0 Å². The summed E-state index contributed by atoms with van der Waals surface area (Å²) in [6.45, 7) is 1.51. The van der Waals surface area contributed by atoms with Crippen molar-refractivity contribution in [3.05, 3.63) is 71.0 Å². The van der Waals surface area contributed by atoms with E-state index < -0.39 is 23.7 Å². The third kappa shape index (κ3) is 6.27. The SMILES string of the molecule is C[C@@H](Oc1ccc(F)cc1)C(=O)NNC(=O)/C=C/c1cccc(Cl)c1. The zero-order valence-corrected chi connectivity index (χ0v) is 14.1. The van der Waals surface area contributed by atoms with Crippen LogP contribution >= 0.6 is 11.6 Å². The van der Waals surface area contributed by atoms with E-state index >= 15 is 0 Å². The van der Waals surface area contributed by atoms with Crippen molar-refractivity contribution >= 4 is 29.5 Å². The van der Waals surface area contributed by atoms with E-state index in [1.54, 1.807) is 30.3 Å². The molecule has 2 aromatic carbocycles. The Morgan fingerprint density at radius 1 is 1.16 bits per heavy atom. The molecule has 0 spiro atoms. The van der Waals surface area contributed by atoms with Gasteiger partial charge in [-0.05, 0) is 55.0 Å².